The van der Waals surface area contributed by atoms with Gasteiger partial charge in [-0.3, -0.25) is 0 Å². The number of para-hydroxylation sites is 1. The van der Waals surface area contributed by atoms with Gasteiger partial charge in [0.2, 0.25) is 0 Å². The molecule has 0 atom stereocenters. The molecule has 4 nitrogen and oxygen atoms in total. The van der Waals surface area contributed by atoms with Crippen molar-refractivity contribution in [2.24, 2.45) is 0 Å². The Morgan fingerprint density at radius 1 is 1.00 bits per heavy atom. The molecule has 1 aliphatic rings. The van der Waals surface area contributed by atoms with E-state index in [1.807, 2.05) is 30.5 Å². The Balaban J connectivity index is 1.58. The van der Waals surface area contributed by atoms with Crippen LogP contribution in [0.1, 0.15) is 54.5 Å². The van der Waals surface area contributed by atoms with E-state index in [4.69, 9.17) is 0 Å². The third-order valence-corrected chi connectivity index (χ3v) is 6.61. The van der Waals surface area contributed by atoms with E-state index in [1.165, 1.54) is 29.3 Å². The Hall–Kier alpha value is -3.22. The lowest BCUT2D eigenvalue weighted by Gasteiger charge is -2.35. The number of benzene rings is 2. The van der Waals surface area contributed by atoms with Crippen molar-refractivity contribution >= 4 is 11.7 Å². The van der Waals surface area contributed by atoms with Gasteiger partial charge in [-0.05, 0) is 55.2 Å². The van der Waals surface area contributed by atoms with Crippen LogP contribution in [-0.2, 0) is 19.3 Å². The van der Waals surface area contributed by atoms with E-state index >= 15 is 0 Å². The first-order valence-corrected chi connectivity index (χ1v) is 11.8. The van der Waals surface area contributed by atoms with Crippen LogP contribution in [0.2, 0.25) is 0 Å². The van der Waals surface area contributed by atoms with Gasteiger partial charge in [-0.1, -0.05) is 55.7 Å². The summed E-state index contributed by atoms with van der Waals surface area (Å²) in [7, 11) is 0. The molecule has 1 heterocycles. The smallest absolute Gasteiger partial charge is 0.345 e. The number of rotatable bonds is 6. The predicted octanol–water partition coefficient (Wildman–Crippen LogP) is 7.23. The van der Waals surface area contributed by atoms with Crippen LogP contribution in [0.5, 0.6) is 0 Å². The molecule has 1 fully saturated rings. The Labute approximate surface area is 198 Å². The highest BCUT2D eigenvalue weighted by Gasteiger charge is 2.34. The van der Waals surface area contributed by atoms with Gasteiger partial charge < -0.3 is 14.8 Å². The summed E-state index contributed by atoms with van der Waals surface area (Å²) in [4.78, 5) is 15.1. The minimum Gasteiger partial charge on any atom is -0.345 e. The molecule has 1 aromatic heterocycles. The molecule has 0 bridgehead atoms. The number of alkyl halides is 3. The number of nitrogens with zero attached hydrogens (tertiary/aromatic N) is 2. The molecule has 0 radical (unpaired) electrons. The van der Waals surface area contributed by atoms with Crippen LogP contribution in [0.3, 0.4) is 0 Å². The summed E-state index contributed by atoms with van der Waals surface area (Å²) in [5.41, 5.74) is 2.28. The van der Waals surface area contributed by atoms with Crippen LogP contribution in [0, 0.1) is 6.92 Å². The van der Waals surface area contributed by atoms with Gasteiger partial charge >= 0.3 is 12.2 Å². The molecule has 4 rings (SSSR count). The lowest BCUT2D eigenvalue weighted by Crippen LogP contribution is -2.44. The summed E-state index contributed by atoms with van der Waals surface area (Å²) in [6.07, 6.45) is 2.29. The molecule has 0 spiro atoms. The molecule has 34 heavy (non-hydrogen) atoms. The first-order chi connectivity index (χ1) is 16.3. The summed E-state index contributed by atoms with van der Waals surface area (Å²) in [5, 5.41) is 2.56. The average molecular weight is 470 g/mol. The van der Waals surface area contributed by atoms with Crippen LogP contribution in [0.15, 0.2) is 66.9 Å². The monoisotopic (exact) mass is 469 g/mol. The average Bonchev–Trinajstić information content (AvgIpc) is 3.26. The minimum absolute atomic E-state index is 0.00592. The predicted molar refractivity (Wildman–Crippen MR) is 128 cm³/mol. The fourth-order valence-corrected chi connectivity index (χ4v) is 4.68. The van der Waals surface area contributed by atoms with E-state index in [0.717, 1.165) is 43.9 Å². The number of carbonyl (C=O) groups excluding carboxylic acids is 1. The Bertz CT molecular complexity index is 1120. The van der Waals surface area contributed by atoms with Crippen molar-refractivity contribution in [3.8, 4) is 0 Å². The quantitative estimate of drug-likeness (QED) is 0.406. The van der Waals surface area contributed by atoms with E-state index < -0.39 is 17.8 Å². The van der Waals surface area contributed by atoms with Crippen molar-refractivity contribution in [2.75, 3.05) is 5.32 Å². The molecule has 180 valence electrons. The highest BCUT2D eigenvalue weighted by molar-refractivity contribution is 5.90. The van der Waals surface area contributed by atoms with E-state index in [0.29, 0.717) is 13.1 Å². The summed E-state index contributed by atoms with van der Waals surface area (Å²) < 4.78 is 42.6. The van der Waals surface area contributed by atoms with Gasteiger partial charge in [-0.25, -0.2) is 4.79 Å². The lowest BCUT2D eigenvalue weighted by molar-refractivity contribution is -0.136. The summed E-state index contributed by atoms with van der Waals surface area (Å²) in [6, 6.07) is 16.7. The van der Waals surface area contributed by atoms with Gasteiger partial charge in [0.05, 0.1) is 17.8 Å². The first-order valence-electron chi connectivity index (χ1n) is 11.8. The molecule has 0 aliphatic heterocycles. The second kappa shape index (κ2) is 10.4. The minimum atomic E-state index is -4.54. The van der Waals surface area contributed by atoms with E-state index in [9.17, 15) is 18.0 Å². The number of halogens is 3. The second-order valence-electron chi connectivity index (χ2n) is 8.95. The van der Waals surface area contributed by atoms with E-state index in [2.05, 4.69) is 28.9 Å². The number of hydrogen-bond donors (Lipinski definition) is 1. The maximum Gasteiger partial charge on any atom is 0.418 e. The molecule has 7 heteroatoms. The number of urea groups is 1. The fourth-order valence-electron chi connectivity index (χ4n) is 4.68. The van der Waals surface area contributed by atoms with Crippen molar-refractivity contribution < 1.29 is 18.0 Å². The Kier molecular flexibility index (Phi) is 7.29. The number of aromatic nitrogens is 1. The van der Waals surface area contributed by atoms with Gasteiger partial charge in [0, 0.05) is 24.5 Å². The van der Waals surface area contributed by atoms with Crippen molar-refractivity contribution in [2.45, 2.75) is 64.3 Å². The van der Waals surface area contributed by atoms with Crippen LogP contribution < -0.4 is 5.32 Å². The maximum absolute atomic E-state index is 13.5. The zero-order chi connectivity index (χ0) is 24.1. The highest BCUT2D eigenvalue weighted by Crippen LogP contribution is 2.35. The summed E-state index contributed by atoms with van der Waals surface area (Å²) in [6.45, 7) is 3.08. The largest absolute Gasteiger partial charge is 0.418 e. The van der Waals surface area contributed by atoms with Gasteiger partial charge in [-0.2, -0.15) is 13.2 Å². The lowest BCUT2D eigenvalue weighted by atomic mass is 9.94. The molecule has 1 N–H and O–H groups in total. The Morgan fingerprint density at radius 3 is 2.44 bits per heavy atom. The molecule has 2 amide bonds. The van der Waals surface area contributed by atoms with Crippen molar-refractivity contribution in [1.82, 2.24) is 9.47 Å². The SMILES string of the molecule is Cc1ccccc1Cn1cccc1CN(C(=O)Nc1ccccc1C(F)(F)F)C1CCCCC1. The normalized spacial score (nSPS) is 14.7. The molecule has 0 unspecified atom stereocenters. The summed E-state index contributed by atoms with van der Waals surface area (Å²) >= 11 is 0. The Morgan fingerprint density at radius 2 is 1.71 bits per heavy atom. The zero-order valence-electron chi connectivity index (χ0n) is 19.3. The maximum atomic E-state index is 13.5. The second-order valence-corrected chi connectivity index (χ2v) is 8.95. The fraction of sp³-hybridized carbons (Fsp3) is 0.370. The highest BCUT2D eigenvalue weighted by atomic mass is 19.4. The number of amides is 2. The number of anilines is 1. The number of carbonyl (C=O) groups is 1. The molecule has 0 saturated heterocycles. The standard InChI is InChI=1S/C27H30F3N3O/c1-20-10-5-6-11-21(20)18-32-17-9-14-23(32)19-33(22-12-3-2-4-13-22)26(34)31-25-16-8-7-15-24(25)27(28,29)30/h5-11,14-17,22H,2-4,12-13,18-19H2,1H3,(H,31,34). The third kappa shape index (κ3) is 5.64. The van der Waals surface area contributed by atoms with Crippen molar-refractivity contribution in [3.05, 3.63) is 89.2 Å². The first kappa shape index (κ1) is 23.9. The molecule has 3 aromatic rings. The zero-order valence-corrected chi connectivity index (χ0v) is 19.3. The van der Waals surface area contributed by atoms with Gasteiger partial charge in [0.1, 0.15) is 0 Å². The number of hydrogen-bond acceptors (Lipinski definition) is 1. The number of nitrogens with one attached hydrogen (secondary N) is 1. The van der Waals surface area contributed by atoms with E-state index in [-0.39, 0.29) is 11.7 Å². The van der Waals surface area contributed by atoms with Crippen LogP contribution in [-0.4, -0.2) is 21.5 Å². The molecular formula is C27H30F3N3O. The number of aryl methyl sites for hydroxylation is 1. The van der Waals surface area contributed by atoms with Crippen LogP contribution in [0.4, 0.5) is 23.7 Å². The topological polar surface area (TPSA) is 37.3 Å². The van der Waals surface area contributed by atoms with E-state index in [1.54, 1.807) is 4.90 Å². The van der Waals surface area contributed by atoms with Crippen LogP contribution >= 0.6 is 0 Å². The van der Waals surface area contributed by atoms with Gasteiger partial charge in [0.15, 0.2) is 0 Å². The van der Waals surface area contributed by atoms with Gasteiger partial charge in [0.25, 0.3) is 0 Å². The summed E-state index contributed by atoms with van der Waals surface area (Å²) in [5.74, 6) is 0. The van der Waals surface area contributed by atoms with Gasteiger partial charge in [-0.15, -0.1) is 0 Å². The van der Waals surface area contributed by atoms with Crippen molar-refractivity contribution in [1.29, 1.82) is 0 Å². The molecule has 1 saturated carbocycles. The molecular weight excluding hydrogens is 439 g/mol. The van der Waals surface area contributed by atoms with Crippen LogP contribution in [0.25, 0.3) is 0 Å². The third-order valence-electron chi connectivity index (χ3n) is 6.61. The van der Waals surface area contributed by atoms with Crippen molar-refractivity contribution in [3.63, 3.8) is 0 Å². The molecule has 1 aliphatic carbocycles. The molecule has 2 aromatic carbocycles.